The van der Waals surface area contributed by atoms with E-state index in [9.17, 15) is 4.79 Å². The zero-order valence-electron chi connectivity index (χ0n) is 14.6. The highest BCUT2D eigenvalue weighted by Crippen LogP contribution is 2.46. The van der Waals surface area contributed by atoms with Crippen LogP contribution in [0.2, 0.25) is 0 Å². The van der Waals surface area contributed by atoms with Crippen LogP contribution in [0.4, 0.5) is 5.69 Å². The van der Waals surface area contributed by atoms with Gasteiger partial charge in [0.15, 0.2) is 0 Å². The molecule has 4 nitrogen and oxygen atoms in total. The molecular weight excluding hydrogens is 300 g/mol. The van der Waals surface area contributed by atoms with E-state index in [1.54, 1.807) is 0 Å². The Kier molecular flexibility index (Phi) is 4.82. The van der Waals surface area contributed by atoms with Crippen LogP contribution in [-0.2, 0) is 9.53 Å². The second-order valence-corrected chi connectivity index (χ2v) is 7.07. The highest BCUT2D eigenvalue weighted by molar-refractivity contribution is 5.84. The molecular formula is C20H26N2O2. The van der Waals surface area contributed by atoms with Crippen molar-refractivity contribution in [2.45, 2.75) is 31.7 Å². The number of hydrogen-bond donors (Lipinski definition) is 0. The average Bonchev–Trinajstić information content (AvgIpc) is 2.60. The molecule has 1 amide bonds. The number of piperidine rings is 1. The second-order valence-electron chi connectivity index (χ2n) is 7.07. The summed E-state index contributed by atoms with van der Waals surface area (Å²) in [5.74, 6) is 2.90. The number of amides is 1. The van der Waals surface area contributed by atoms with E-state index in [0.29, 0.717) is 19.8 Å². The Morgan fingerprint density at radius 1 is 1.25 bits per heavy atom. The lowest BCUT2D eigenvalue weighted by Gasteiger charge is -2.47. The van der Waals surface area contributed by atoms with E-state index in [1.807, 2.05) is 19.0 Å². The molecule has 2 aliphatic heterocycles. The number of hydrogen-bond acceptors (Lipinski definition) is 3. The monoisotopic (exact) mass is 326 g/mol. The van der Waals surface area contributed by atoms with E-state index < -0.39 is 0 Å². The molecule has 4 heteroatoms. The number of anilines is 1. The van der Waals surface area contributed by atoms with Gasteiger partial charge in [0.2, 0.25) is 5.91 Å². The van der Waals surface area contributed by atoms with Gasteiger partial charge in [-0.1, -0.05) is 18.1 Å². The SMILES string of the molecule is C#CCN1C(=O)C2(CCOCC2)CC[C@H]1c1ccc(N(C)C)cc1. The Hall–Kier alpha value is -1.99. The van der Waals surface area contributed by atoms with Crippen LogP contribution in [0, 0.1) is 17.8 Å². The Labute approximate surface area is 144 Å². The van der Waals surface area contributed by atoms with E-state index in [0.717, 1.165) is 31.4 Å². The van der Waals surface area contributed by atoms with Gasteiger partial charge < -0.3 is 14.5 Å². The van der Waals surface area contributed by atoms with Crippen LogP contribution < -0.4 is 4.90 Å². The molecule has 0 unspecified atom stereocenters. The first kappa shape index (κ1) is 16.9. The molecule has 1 aromatic carbocycles. The quantitative estimate of drug-likeness (QED) is 0.801. The molecule has 2 saturated heterocycles. The molecule has 1 spiro atoms. The number of terminal acetylenes is 1. The summed E-state index contributed by atoms with van der Waals surface area (Å²) in [6, 6.07) is 8.54. The number of ether oxygens (including phenoxy) is 1. The van der Waals surface area contributed by atoms with E-state index in [4.69, 9.17) is 11.2 Å². The van der Waals surface area contributed by atoms with Crippen LogP contribution in [0.15, 0.2) is 24.3 Å². The van der Waals surface area contributed by atoms with Crippen molar-refractivity contribution < 1.29 is 9.53 Å². The van der Waals surface area contributed by atoms with Crippen molar-refractivity contribution in [3.05, 3.63) is 29.8 Å². The van der Waals surface area contributed by atoms with Gasteiger partial charge in [-0.25, -0.2) is 0 Å². The van der Waals surface area contributed by atoms with E-state index in [2.05, 4.69) is 35.1 Å². The third-order valence-corrected chi connectivity index (χ3v) is 5.49. The first-order valence-electron chi connectivity index (χ1n) is 8.67. The predicted octanol–water partition coefficient (Wildman–Crippen LogP) is 2.85. The molecule has 24 heavy (non-hydrogen) atoms. The summed E-state index contributed by atoms with van der Waals surface area (Å²) in [6.45, 7) is 1.73. The van der Waals surface area contributed by atoms with Gasteiger partial charge >= 0.3 is 0 Å². The topological polar surface area (TPSA) is 32.8 Å². The molecule has 0 bridgehead atoms. The molecule has 1 aromatic rings. The van der Waals surface area contributed by atoms with Crippen LogP contribution >= 0.6 is 0 Å². The maximum Gasteiger partial charge on any atom is 0.230 e. The molecule has 0 aromatic heterocycles. The number of carbonyl (C=O) groups excluding carboxylic acids is 1. The largest absolute Gasteiger partial charge is 0.381 e. The normalized spacial score (nSPS) is 23.1. The van der Waals surface area contributed by atoms with Crippen molar-refractivity contribution in [3.8, 4) is 12.3 Å². The third-order valence-electron chi connectivity index (χ3n) is 5.49. The minimum Gasteiger partial charge on any atom is -0.381 e. The lowest BCUT2D eigenvalue weighted by molar-refractivity contribution is -0.156. The number of carbonyl (C=O) groups is 1. The van der Waals surface area contributed by atoms with Crippen LogP contribution in [0.5, 0.6) is 0 Å². The molecule has 3 rings (SSSR count). The smallest absolute Gasteiger partial charge is 0.230 e. The maximum absolute atomic E-state index is 13.2. The first-order valence-corrected chi connectivity index (χ1v) is 8.67. The van der Waals surface area contributed by atoms with Crippen molar-refractivity contribution in [3.63, 3.8) is 0 Å². The van der Waals surface area contributed by atoms with Crippen LogP contribution in [0.3, 0.4) is 0 Å². The molecule has 128 valence electrons. The fraction of sp³-hybridized carbons (Fsp3) is 0.550. The Balaban J connectivity index is 1.86. The van der Waals surface area contributed by atoms with Gasteiger partial charge in [0.1, 0.15) is 0 Å². The molecule has 2 heterocycles. The fourth-order valence-corrected chi connectivity index (χ4v) is 3.97. The van der Waals surface area contributed by atoms with Gasteiger partial charge in [0, 0.05) is 33.0 Å². The summed E-state index contributed by atoms with van der Waals surface area (Å²) in [6.07, 6.45) is 9.10. The summed E-state index contributed by atoms with van der Waals surface area (Å²) in [7, 11) is 4.05. The number of benzene rings is 1. The maximum atomic E-state index is 13.2. The Morgan fingerprint density at radius 2 is 1.92 bits per heavy atom. The summed E-state index contributed by atoms with van der Waals surface area (Å²) in [5, 5.41) is 0. The number of nitrogens with zero attached hydrogens (tertiary/aromatic N) is 2. The van der Waals surface area contributed by atoms with Gasteiger partial charge in [0.05, 0.1) is 18.0 Å². The van der Waals surface area contributed by atoms with Crippen molar-refractivity contribution in [1.29, 1.82) is 0 Å². The third kappa shape index (κ3) is 3.01. The zero-order valence-corrected chi connectivity index (χ0v) is 14.6. The summed E-state index contributed by atoms with van der Waals surface area (Å²) in [5.41, 5.74) is 2.08. The van der Waals surface area contributed by atoms with Crippen molar-refractivity contribution >= 4 is 11.6 Å². The molecule has 1 atom stereocenters. The summed E-state index contributed by atoms with van der Waals surface area (Å²) >= 11 is 0. The fourth-order valence-electron chi connectivity index (χ4n) is 3.97. The minimum atomic E-state index is -0.255. The minimum absolute atomic E-state index is 0.0817. The standard InChI is InChI=1S/C20H26N2O2/c1-4-13-22-18(16-5-7-17(8-6-16)21(2)3)9-10-20(19(22)23)11-14-24-15-12-20/h1,5-8,18H,9-15H2,2-3H3/t18-/m0/s1. The highest BCUT2D eigenvalue weighted by Gasteiger charge is 2.47. The molecule has 2 aliphatic rings. The zero-order chi connectivity index (χ0) is 17.2. The lowest BCUT2D eigenvalue weighted by atomic mass is 9.70. The lowest BCUT2D eigenvalue weighted by Crippen LogP contribution is -2.52. The predicted molar refractivity (Wildman–Crippen MR) is 95.8 cm³/mol. The molecule has 0 saturated carbocycles. The Bertz CT molecular complexity index is 624. The molecule has 0 radical (unpaired) electrons. The summed E-state index contributed by atoms with van der Waals surface area (Å²) < 4.78 is 5.47. The van der Waals surface area contributed by atoms with Crippen LogP contribution in [0.25, 0.3) is 0 Å². The first-order chi connectivity index (χ1) is 11.6. The Morgan fingerprint density at radius 3 is 2.50 bits per heavy atom. The van der Waals surface area contributed by atoms with Gasteiger partial charge in [-0.3, -0.25) is 4.79 Å². The van der Waals surface area contributed by atoms with Gasteiger partial charge in [0.25, 0.3) is 0 Å². The van der Waals surface area contributed by atoms with Gasteiger partial charge in [-0.05, 0) is 43.4 Å². The van der Waals surface area contributed by atoms with E-state index in [1.165, 1.54) is 5.56 Å². The van der Waals surface area contributed by atoms with Crippen molar-refractivity contribution in [2.24, 2.45) is 5.41 Å². The van der Waals surface area contributed by atoms with Crippen LogP contribution in [-0.4, -0.2) is 44.7 Å². The molecule has 2 fully saturated rings. The van der Waals surface area contributed by atoms with Crippen LogP contribution in [0.1, 0.15) is 37.3 Å². The summed E-state index contributed by atoms with van der Waals surface area (Å²) in [4.78, 5) is 17.2. The highest BCUT2D eigenvalue weighted by atomic mass is 16.5. The molecule has 0 aliphatic carbocycles. The average molecular weight is 326 g/mol. The number of rotatable bonds is 3. The van der Waals surface area contributed by atoms with Gasteiger partial charge in [-0.15, -0.1) is 6.42 Å². The molecule has 0 N–H and O–H groups in total. The van der Waals surface area contributed by atoms with Crippen molar-refractivity contribution in [2.75, 3.05) is 38.8 Å². The van der Waals surface area contributed by atoms with E-state index >= 15 is 0 Å². The van der Waals surface area contributed by atoms with Crippen molar-refractivity contribution in [1.82, 2.24) is 4.90 Å². The second kappa shape index (κ2) is 6.86. The van der Waals surface area contributed by atoms with Gasteiger partial charge in [-0.2, -0.15) is 0 Å². The number of likely N-dealkylation sites (tertiary alicyclic amines) is 1. The van der Waals surface area contributed by atoms with E-state index in [-0.39, 0.29) is 17.4 Å².